The summed E-state index contributed by atoms with van der Waals surface area (Å²) in [5.74, 6) is 0. The van der Waals surface area contributed by atoms with Gasteiger partial charge in [-0.15, -0.1) is 0 Å². The van der Waals surface area contributed by atoms with Crippen molar-refractivity contribution in [1.29, 1.82) is 0 Å². The van der Waals surface area contributed by atoms with Crippen LogP contribution < -0.4 is 5.73 Å². The summed E-state index contributed by atoms with van der Waals surface area (Å²) in [6, 6.07) is 0.287. The van der Waals surface area contributed by atoms with Crippen LogP contribution in [-0.2, 0) is 0 Å². The van der Waals surface area contributed by atoms with Gasteiger partial charge in [0.2, 0.25) is 0 Å². The molecule has 1 saturated carbocycles. The first-order valence-corrected chi connectivity index (χ1v) is 4.31. The number of alkyl halides is 2. The van der Waals surface area contributed by atoms with Gasteiger partial charge in [0.1, 0.15) is 0 Å². The Hall–Kier alpha value is -1.13. The predicted molar refractivity (Wildman–Crippen MR) is 44.5 cm³/mol. The smallest absolute Gasteiger partial charge is 0.284 e. The number of aromatic nitrogens is 2. The van der Waals surface area contributed by atoms with Gasteiger partial charge >= 0.3 is 0 Å². The molecule has 0 radical (unpaired) electrons. The van der Waals surface area contributed by atoms with Crippen molar-refractivity contribution in [3.05, 3.63) is 11.9 Å². The highest BCUT2D eigenvalue weighted by Crippen LogP contribution is 2.33. The van der Waals surface area contributed by atoms with Gasteiger partial charge in [-0.2, -0.15) is 5.10 Å². The number of halogens is 2. The lowest BCUT2D eigenvalue weighted by atomic mass is 9.93. The lowest BCUT2D eigenvalue weighted by molar-refractivity contribution is 0.144. The summed E-state index contributed by atoms with van der Waals surface area (Å²) in [6.07, 6.45) is 2.12. The first-order valence-electron chi connectivity index (χ1n) is 4.31. The number of rotatable bonds is 2. The maximum atomic E-state index is 12.3. The highest BCUT2D eigenvalue weighted by atomic mass is 19.3. The van der Waals surface area contributed by atoms with Crippen LogP contribution in [0.4, 0.5) is 14.5 Å². The Morgan fingerprint density at radius 3 is 2.62 bits per heavy atom. The molecule has 2 rings (SSSR count). The lowest BCUT2D eigenvalue weighted by Crippen LogP contribution is -2.17. The van der Waals surface area contributed by atoms with Crippen LogP contribution in [0, 0.1) is 0 Å². The number of hydrogen-bond acceptors (Lipinski definition) is 2. The zero-order valence-corrected chi connectivity index (χ0v) is 7.08. The molecule has 0 aromatic carbocycles. The maximum Gasteiger partial charge on any atom is 0.284 e. The fourth-order valence-electron chi connectivity index (χ4n) is 1.43. The largest absolute Gasteiger partial charge is 0.396 e. The fraction of sp³-hybridized carbons (Fsp3) is 0.625. The van der Waals surface area contributed by atoms with Gasteiger partial charge in [0, 0.05) is 6.20 Å². The molecular weight excluding hydrogens is 176 g/mol. The van der Waals surface area contributed by atoms with Gasteiger partial charge in [0.05, 0.1) is 11.7 Å². The highest BCUT2D eigenvalue weighted by molar-refractivity contribution is 5.41. The summed E-state index contributed by atoms with van der Waals surface area (Å²) < 4.78 is 26.1. The Balaban J connectivity index is 2.23. The van der Waals surface area contributed by atoms with Crippen molar-refractivity contribution >= 4 is 5.69 Å². The van der Waals surface area contributed by atoms with E-state index in [9.17, 15) is 8.78 Å². The second-order valence-corrected chi connectivity index (χ2v) is 3.34. The average molecular weight is 187 g/mol. The number of hydrogen-bond donors (Lipinski definition) is 1. The molecule has 0 aliphatic heterocycles. The van der Waals surface area contributed by atoms with Crippen molar-refractivity contribution in [2.75, 3.05) is 5.73 Å². The van der Waals surface area contributed by atoms with E-state index in [0.29, 0.717) is 0 Å². The molecule has 72 valence electrons. The number of anilines is 1. The van der Waals surface area contributed by atoms with E-state index in [0.717, 1.165) is 19.3 Å². The lowest BCUT2D eigenvalue weighted by Gasteiger charge is -2.25. The molecule has 1 heterocycles. The normalized spacial score (nSPS) is 17.8. The zero-order valence-electron chi connectivity index (χ0n) is 7.08. The molecule has 3 nitrogen and oxygen atoms in total. The molecule has 1 aliphatic rings. The minimum absolute atomic E-state index is 0.0990. The summed E-state index contributed by atoms with van der Waals surface area (Å²) in [4.78, 5) is 0. The van der Waals surface area contributed by atoms with E-state index < -0.39 is 6.43 Å². The standard InChI is InChI=1S/C8H11F2N3/c9-8(10)7-6(11)4-13(12-7)5-2-1-3-5/h4-5,8H,1-3,11H2. The van der Waals surface area contributed by atoms with Gasteiger partial charge in [-0.05, 0) is 19.3 Å². The van der Waals surface area contributed by atoms with Crippen LogP contribution in [-0.4, -0.2) is 9.78 Å². The quantitative estimate of drug-likeness (QED) is 0.770. The Bertz CT molecular complexity index is 304. The third kappa shape index (κ3) is 1.38. The van der Waals surface area contributed by atoms with E-state index in [2.05, 4.69) is 5.10 Å². The number of nitrogens with two attached hydrogens (primary N) is 1. The van der Waals surface area contributed by atoms with Crippen molar-refractivity contribution in [1.82, 2.24) is 9.78 Å². The molecule has 1 fully saturated rings. The van der Waals surface area contributed by atoms with Crippen LogP contribution >= 0.6 is 0 Å². The van der Waals surface area contributed by atoms with Crippen molar-refractivity contribution < 1.29 is 8.78 Å². The van der Waals surface area contributed by atoms with E-state index in [4.69, 9.17) is 5.73 Å². The monoisotopic (exact) mass is 187 g/mol. The summed E-state index contributed by atoms with van der Waals surface area (Å²) in [5, 5.41) is 3.77. The molecule has 1 aliphatic carbocycles. The van der Waals surface area contributed by atoms with Gasteiger partial charge in [0.25, 0.3) is 6.43 Å². The second-order valence-electron chi connectivity index (χ2n) is 3.34. The molecule has 2 N–H and O–H groups in total. The maximum absolute atomic E-state index is 12.3. The Labute approximate surface area is 74.5 Å². The second kappa shape index (κ2) is 2.97. The van der Waals surface area contributed by atoms with Gasteiger partial charge in [-0.1, -0.05) is 0 Å². The SMILES string of the molecule is Nc1cn(C2CCC2)nc1C(F)F. The predicted octanol–water partition coefficient (Wildman–Crippen LogP) is 2.13. The van der Waals surface area contributed by atoms with Crippen LogP contribution in [0.2, 0.25) is 0 Å². The van der Waals surface area contributed by atoms with E-state index in [1.807, 2.05) is 0 Å². The van der Waals surface area contributed by atoms with Crippen LogP contribution in [0.3, 0.4) is 0 Å². The Kier molecular flexibility index (Phi) is 1.94. The van der Waals surface area contributed by atoms with Crippen molar-refractivity contribution in [2.24, 2.45) is 0 Å². The van der Waals surface area contributed by atoms with Crippen molar-refractivity contribution in [3.63, 3.8) is 0 Å². The molecule has 0 atom stereocenters. The fourth-order valence-corrected chi connectivity index (χ4v) is 1.43. The zero-order chi connectivity index (χ0) is 9.42. The summed E-state index contributed by atoms with van der Waals surface area (Å²) in [5.41, 5.74) is 5.21. The highest BCUT2D eigenvalue weighted by Gasteiger charge is 2.23. The molecule has 0 unspecified atom stereocenters. The molecule has 0 amide bonds. The van der Waals surface area contributed by atoms with Crippen LogP contribution in [0.1, 0.15) is 37.4 Å². The third-order valence-electron chi connectivity index (χ3n) is 2.45. The summed E-state index contributed by atoms with van der Waals surface area (Å²) in [7, 11) is 0. The van der Waals surface area contributed by atoms with Crippen LogP contribution in [0.25, 0.3) is 0 Å². The van der Waals surface area contributed by atoms with E-state index in [1.165, 1.54) is 6.20 Å². The Morgan fingerprint density at radius 2 is 2.23 bits per heavy atom. The minimum atomic E-state index is -2.57. The number of nitrogen functional groups attached to an aromatic ring is 1. The average Bonchev–Trinajstić information content (AvgIpc) is 2.27. The molecule has 0 spiro atoms. The molecule has 5 heteroatoms. The van der Waals surface area contributed by atoms with Crippen LogP contribution in [0.15, 0.2) is 6.20 Å². The summed E-state index contributed by atoms with van der Waals surface area (Å²) in [6.45, 7) is 0. The van der Waals surface area contributed by atoms with E-state index >= 15 is 0 Å². The first kappa shape index (κ1) is 8.47. The van der Waals surface area contributed by atoms with E-state index in [-0.39, 0.29) is 17.4 Å². The van der Waals surface area contributed by atoms with Crippen molar-refractivity contribution in [2.45, 2.75) is 31.7 Å². The number of nitrogens with zero attached hydrogens (tertiary/aromatic N) is 2. The van der Waals surface area contributed by atoms with Gasteiger partial charge in [-0.3, -0.25) is 4.68 Å². The van der Waals surface area contributed by atoms with E-state index in [1.54, 1.807) is 4.68 Å². The summed E-state index contributed by atoms with van der Waals surface area (Å²) >= 11 is 0. The molecule has 0 saturated heterocycles. The molecule has 1 aromatic heterocycles. The van der Waals surface area contributed by atoms with Gasteiger partial charge < -0.3 is 5.73 Å². The molecular formula is C8H11F2N3. The van der Waals surface area contributed by atoms with Crippen LogP contribution in [0.5, 0.6) is 0 Å². The van der Waals surface area contributed by atoms with Gasteiger partial charge in [-0.25, -0.2) is 8.78 Å². The molecule has 13 heavy (non-hydrogen) atoms. The third-order valence-corrected chi connectivity index (χ3v) is 2.45. The van der Waals surface area contributed by atoms with Gasteiger partial charge in [0.15, 0.2) is 5.69 Å². The minimum Gasteiger partial charge on any atom is -0.396 e. The molecule has 0 bridgehead atoms. The van der Waals surface area contributed by atoms with Crippen molar-refractivity contribution in [3.8, 4) is 0 Å². The first-order chi connectivity index (χ1) is 6.18. The Morgan fingerprint density at radius 1 is 1.54 bits per heavy atom. The topological polar surface area (TPSA) is 43.8 Å². The molecule has 1 aromatic rings.